The van der Waals surface area contributed by atoms with E-state index in [4.69, 9.17) is 5.11 Å². The molecule has 0 saturated heterocycles. The molecule has 4 rings (SSSR count). The average molecular weight is 354 g/mol. The molecule has 0 amide bonds. The van der Waals surface area contributed by atoms with Crippen molar-refractivity contribution in [3.05, 3.63) is 69.9 Å². The molecule has 1 aromatic heterocycles. The molecule has 2 aliphatic rings. The second-order valence-corrected chi connectivity index (χ2v) is 7.03. The normalized spacial score (nSPS) is 17.9. The van der Waals surface area contributed by atoms with Crippen molar-refractivity contribution in [2.75, 3.05) is 13.2 Å². The number of nitrogens with one attached hydrogen (secondary N) is 2. The average Bonchev–Trinajstić information content (AvgIpc) is 3.01. The number of allylic oxidation sites excluding steroid dienone is 1. The van der Waals surface area contributed by atoms with Gasteiger partial charge in [0.1, 0.15) is 5.37 Å². The van der Waals surface area contributed by atoms with Gasteiger partial charge in [0.2, 0.25) is 0 Å². The number of benzene rings is 1. The van der Waals surface area contributed by atoms with Crippen LogP contribution in [0.15, 0.2) is 58.1 Å². The number of aryl methyl sites for hydroxylation is 1. The van der Waals surface area contributed by atoms with Crippen molar-refractivity contribution >= 4 is 17.3 Å². The van der Waals surface area contributed by atoms with Gasteiger partial charge in [0.25, 0.3) is 5.56 Å². The van der Waals surface area contributed by atoms with Gasteiger partial charge in [-0.2, -0.15) is 9.78 Å². The van der Waals surface area contributed by atoms with Crippen molar-refractivity contribution in [3.8, 4) is 5.69 Å². The summed E-state index contributed by atoms with van der Waals surface area (Å²) in [7, 11) is 0. The van der Waals surface area contributed by atoms with E-state index in [1.54, 1.807) is 6.20 Å². The number of aliphatic hydroxyl groups excluding tert-OH is 1. The van der Waals surface area contributed by atoms with Crippen LogP contribution in [0.5, 0.6) is 0 Å². The lowest BCUT2D eigenvalue weighted by atomic mass is 10.0. The van der Waals surface area contributed by atoms with Gasteiger partial charge in [0.15, 0.2) is 0 Å². The van der Waals surface area contributed by atoms with Gasteiger partial charge < -0.3 is 15.7 Å². The lowest BCUT2D eigenvalue weighted by Gasteiger charge is -2.20. The Morgan fingerprint density at radius 1 is 1.36 bits per heavy atom. The van der Waals surface area contributed by atoms with E-state index in [9.17, 15) is 4.79 Å². The Morgan fingerprint density at radius 3 is 2.92 bits per heavy atom. The summed E-state index contributed by atoms with van der Waals surface area (Å²) < 4.78 is 1.44. The predicted molar refractivity (Wildman–Crippen MR) is 98.5 cm³/mol. The molecule has 2 aliphatic heterocycles. The third-order valence-electron chi connectivity index (χ3n) is 4.22. The van der Waals surface area contributed by atoms with E-state index in [1.165, 1.54) is 16.4 Å². The summed E-state index contributed by atoms with van der Waals surface area (Å²) in [5.41, 5.74) is 4.55. The van der Waals surface area contributed by atoms with Gasteiger partial charge >= 0.3 is 0 Å². The van der Waals surface area contributed by atoms with Gasteiger partial charge in [-0.1, -0.05) is 29.5 Å². The van der Waals surface area contributed by atoms with E-state index >= 15 is 0 Å². The second-order valence-electron chi connectivity index (χ2n) is 5.92. The Balaban J connectivity index is 1.80. The van der Waals surface area contributed by atoms with Crippen LogP contribution in [0.25, 0.3) is 11.3 Å². The van der Waals surface area contributed by atoms with E-state index in [-0.39, 0.29) is 17.5 Å². The smallest absolute Gasteiger partial charge is 0.285 e. The molecular formula is C18H18N4O2S. The molecule has 0 saturated carbocycles. The minimum atomic E-state index is -0.114. The minimum absolute atomic E-state index is 0.0236. The van der Waals surface area contributed by atoms with Gasteiger partial charge in [-0.3, -0.25) is 4.79 Å². The number of nitrogens with zero attached hydrogens (tertiary/aromatic N) is 2. The largest absolute Gasteiger partial charge is 0.395 e. The molecule has 1 atom stereocenters. The summed E-state index contributed by atoms with van der Waals surface area (Å²) in [5, 5.41) is 19.9. The first-order chi connectivity index (χ1) is 12.2. The first-order valence-electron chi connectivity index (χ1n) is 8.07. The van der Waals surface area contributed by atoms with E-state index in [0.717, 1.165) is 28.1 Å². The van der Waals surface area contributed by atoms with Crippen molar-refractivity contribution in [3.63, 3.8) is 0 Å². The summed E-state index contributed by atoms with van der Waals surface area (Å²) >= 11 is 1.50. The highest BCUT2D eigenvalue weighted by Crippen LogP contribution is 2.43. The fourth-order valence-electron chi connectivity index (χ4n) is 2.99. The quantitative estimate of drug-likeness (QED) is 0.770. The zero-order chi connectivity index (χ0) is 17.4. The maximum atomic E-state index is 13.0. The molecule has 25 heavy (non-hydrogen) atoms. The van der Waals surface area contributed by atoms with Gasteiger partial charge in [-0.05, 0) is 31.3 Å². The molecule has 7 heteroatoms. The molecule has 0 radical (unpaired) electrons. The fourth-order valence-corrected chi connectivity index (χ4v) is 4.22. The molecule has 2 aromatic rings. The molecule has 128 valence electrons. The SMILES string of the molecule is Cc1ccc(-n2ncc3c(c2=O)SC2NC=CC(NCCO)=C32)cc1. The standard InChI is InChI=1S/C18H18N4O2S/c1-11-2-4-12(5-3-11)22-18(24)16-13(10-21-22)15-14(19-8-9-23)6-7-20-17(15)25-16/h2-7,10,17,19-20,23H,8-9H2,1H3. The van der Waals surface area contributed by atoms with Crippen LogP contribution in [-0.2, 0) is 0 Å². The van der Waals surface area contributed by atoms with Crippen LogP contribution in [-0.4, -0.2) is 33.4 Å². The number of aliphatic hydroxyl groups is 1. The summed E-state index contributed by atoms with van der Waals surface area (Å²) in [4.78, 5) is 13.6. The van der Waals surface area contributed by atoms with Crippen LogP contribution in [0.4, 0.5) is 0 Å². The Morgan fingerprint density at radius 2 is 2.16 bits per heavy atom. The molecule has 0 aliphatic carbocycles. The Hall–Kier alpha value is -2.51. The van der Waals surface area contributed by atoms with Crippen molar-refractivity contribution in [1.29, 1.82) is 0 Å². The Bertz CT molecular complexity index is 931. The molecule has 0 fully saturated rings. The topological polar surface area (TPSA) is 79.2 Å². The lowest BCUT2D eigenvalue weighted by molar-refractivity contribution is 0.297. The number of hydrogen-bond donors (Lipinski definition) is 3. The predicted octanol–water partition coefficient (Wildman–Crippen LogP) is 1.38. The summed E-state index contributed by atoms with van der Waals surface area (Å²) in [6.07, 6.45) is 5.53. The van der Waals surface area contributed by atoms with Gasteiger partial charge in [-0.15, -0.1) is 0 Å². The second kappa shape index (κ2) is 6.42. The van der Waals surface area contributed by atoms with Crippen molar-refractivity contribution in [2.24, 2.45) is 0 Å². The third kappa shape index (κ3) is 2.75. The van der Waals surface area contributed by atoms with E-state index < -0.39 is 0 Å². The number of thioether (sulfide) groups is 1. The van der Waals surface area contributed by atoms with Crippen LogP contribution < -0.4 is 16.2 Å². The van der Waals surface area contributed by atoms with Gasteiger partial charge in [0, 0.05) is 23.4 Å². The van der Waals surface area contributed by atoms with Crippen LogP contribution in [0, 0.1) is 6.92 Å². The van der Waals surface area contributed by atoms with Crippen LogP contribution >= 0.6 is 11.8 Å². The maximum absolute atomic E-state index is 13.0. The summed E-state index contributed by atoms with van der Waals surface area (Å²) in [6, 6.07) is 7.73. The molecule has 0 spiro atoms. The number of rotatable bonds is 4. The van der Waals surface area contributed by atoms with E-state index in [2.05, 4.69) is 15.7 Å². The van der Waals surface area contributed by atoms with Crippen molar-refractivity contribution in [1.82, 2.24) is 20.4 Å². The zero-order valence-corrected chi connectivity index (χ0v) is 14.5. The lowest BCUT2D eigenvalue weighted by Crippen LogP contribution is -2.28. The van der Waals surface area contributed by atoms with Crippen LogP contribution in [0.1, 0.15) is 11.1 Å². The van der Waals surface area contributed by atoms with Gasteiger partial charge in [-0.25, -0.2) is 0 Å². The molecule has 1 aromatic carbocycles. The van der Waals surface area contributed by atoms with Crippen LogP contribution in [0.3, 0.4) is 0 Å². The Kier molecular flexibility index (Phi) is 4.10. The number of hydrogen-bond acceptors (Lipinski definition) is 6. The van der Waals surface area contributed by atoms with E-state index in [0.29, 0.717) is 11.4 Å². The molecule has 1 unspecified atom stereocenters. The zero-order valence-electron chi connectivity index (χ0n) is 13.7. The van der Waals surface area contributed by atoms with Crippen LogP contribution in [0.2, 0.25) is 0 Å². The molecule has 3 N–H and O–H groups in total. The van der Waals surface area contributed by atoms with Crippen molar-refractivity contribution in [2.45, 2.75) is 17.2 Å². The minimum Gasteiger partial charge on any atom is -0.395 e. The van der Waals surface area contributed by atoms with E-state index in [1.807, 2.05) is 43.5 Å². The molecular weight excluding hydrogens is 336 g/mol. The number of fused-ring (bicyclic) bond motifs is 3. The molecule has 6 nitrogen and oxygen atoms in total. The monoisotopic (exact) mass is 354 g/mol. The highest BCUT2D eigenvalue weighted by Gasteiger charge is 2.34. The Labute approximate surface area is 149 Å². The van der Waals surface area contributed by atoms with Crippen molar-refractivity contribution < 1.29 is 5.11 Å². The number of dihydropyridines is 1. The third-order valence-corrected chi connectivity index (χ3v) is 5.45. The van der Waals surface area contributed by atoms with Gasteiger partial charge in [0.05, 0.1) is 23.4 Å². The molecule has 0 bridgehead atoms. The molecule has 3 heterocycles. The number of aromatic nitrogens is 2. The first kappa shape index (κ1) is 16.0. The highest BCUT2D eigenvalue weighted by atomic mass is 32.2. The summed E-state index contributed by atoms with van der Waals surface area (Å²) in [5.74, 6) is 0. The highest BCUT2D eigenvalue weighted by molar-refractivity contribution is 8.00. The fraction of sp³-hybridized carbons (Fsp3) is 0.222. The first-order valence-corrected chi connectivity index (χ1v) is 8.95. The summed E-state index contributed by atoms with van der Waals surface area (Å²) in [6.45, 7) is 2.52. The maximum Gasteiger partial charge on any atom is 0.285 e.